The van der Waals surface area contributed by atoms with E-state index in [1.54, 1.807) is 19.2 Å². The second-order valence-corrected chi connectivity index (χ2v) is 6.66. The number of carbonyl (C=O) groups excluding carboxylic acids is 1. The highest BCUT2D eigenvalue weighted by atomic mass is 16.5. The first-order valence-corrected chi connectivity index (χ1v) is 9.11. The maximum absolute atomic E-state index is 13.0. The molecule has 0 bridgehead atoms. The predicted molar refractivity (Wildman–Crippen MR) is 110 cm³/mol. The molecule has 0 aliphatic carbocycles. The molecule has 1 atom stereocenters. The van der Waals surface area contributed by atoms with Crippen molar-refractivity contribution < 1.29 is 9.53 Å². The van der Waals surface area contributed by atoms with Crippen LogP contribution in [0.4, 0.5) is 0 Å². The Morgan fingerprint density at radius 2 is 1.79 bits per heavy atom. The Morgan fingerprint density at radius 3 is 2.57 bits per heavy atom. The van der Waals surface area contributed by atoms with Gasteiger partial charge in [0.15, 0.2) is 0 Å². The molecule has 2 N–H and O–H groups in total. The first-order chi connectivity index (χ1) is 13.7. The molecule has 0 saturated carbocycles. The van der Waals surface area contributed by atoms with Crippen LogP contribution in [0.5, 0.6) is 5.75 Å². The van der Waals surface area contributed by atoms with Crippen molar-refractivity contribution in [2.24, 2.45) is 0 Å². The SMILES string of the molecule is COc1ccccc1C(=O)NC(c1ccccc1)c1nc2ccc(C)cc2[nH]1. The molecule has 1 amide bonds. The number of aromatic nitrogens is 2. The van der Waals surface area contributed by atoms with E-state index in [1.807, 2.05) is 61.5 Å². The summed E-state index contributed by atoms with van der Waals surface area (Å²) < 4.78 is 5.34. The molecule has 4 rings (SSSR count). The average Bonchev–Trinajstić information content (AvgIpc) is 3.15. The van der Waals surface area contributed by atoms with Crippen LogP contribution in [0.3, 0.4) is 0 Å². The third kappa shape index (κ3) is 3.47. The number of benzene rings is 3. The van der Waals surface area contributed by atoms with Gasteiger partial charge in [-0.2, -0.15) is 0 Å². The fraction of sp³-hybridized carbons (Fsp3) is 0.130. The van der Waals surface area contributed by atoms with Gasteiger partial charge in [-0.1, -0.05) is 48.5 Å². The van der Waals surface area contributed by atoms with Crippen molar-refractivity contribution >= 4 is 16.9 Å². The number of H-pyrrole nitrogens is 1. The summed E-state index contributed by atoms with van der Waals surface area (Å²) in [6, 6.07) is 22.6. The van der Waals surface area contributed by atoms with Crippen molar-refractivity contribution in [2.75, 3.05) is 7.11 Å². The van der Waals surface area contributed by atoms with Gasteiger partial charge in [-0.3, -0.25) is 4.79 Å². The summed E-state index contributed by atoms with van der Waals surface area (Å²) in [6.07, 6.45) is 0. The standard InChI is InChI=1S/C23H21N3O2/c1-15-12-13-18-19(14-15)25-22(24-18)21(16-8-4-3-5-9-16)26-23(27)17-10-6-7-11-20(17)28-2/h3-14,21H,1-2H3,(H,24,25)(H,26,27). The quantitative estimate of drug-likeness (QED) is 0.546. The molecule has 140 valence electrons. The van der Waals surface area contributed by atoms with Crippen LogP contribution in [0.2, 0.25) is 0 Å². The van der Waals surface area contributed by atoms with Crippen LogP contribution < -0.4 is 10.1 Å². The smallest absolute Gasteiger partial charge is 0.255 e. The van der Waals surface area contributed by atoms with Crippen LogP contribution >= 0.6 is 0 Å². The maximum atomic E-state index is 13.0. The zero-order chi connectivity index (χ0) is 19.5. The van der Waals surface area contributed by atoms with Gasteiger partial charge in [-0.15, -0.1) is 0 Å². The van der Waals surface area contributed by atoms with Crippen molar-refractivity contribution in [1.82, 2.24) is 15.3 Å². The number of hydrogen-bond acceptors (Lipinski definition) is 3. The van der Waals surface area contributed by atoms with E-state index in [0.717, 1.165) is 22.2 Å². The molecule has 0 aliphatic rings. The number of ether oxygens (including phenoxy) is 1. The number of hydrogen-bond donors (Lipinski definition) is 2. The molecule has 4 aromatic rings. The van der Waals surface area contributed by atoms with Crippen molar-refractivity contribution in [3.05, 3.63) is 95.3 Å². The van der Waals surface area contributed by atoms with Gasteiger partial charge in [0, 0.05) is 0 Å². The summed E-state index contributed by atoms with van der Waals surface area (Å²) in [6.45, 7) is 2.04. The van der Waals surface area contributed by atoms with Crippen molar-refractivity contribution in [2.45, 2.75) is 13.0 Å². The monoisotopic (exact) mass is 371 g/mol. The summed E-state index contributed by atoms with van der Waals surface area (Å²) >= 11 is 0. The van der Waals surface area contributed by atoms with E-state index in [0.29, 0.717) is 17.1 Å². The van der Waals surface area contributed by atoms with Crippen molar-refractivity contribution in [3.63, 3.8) is 0 Å². The Hall–Kier alpha value is -3.60. The topological polar surface area (TPSA) is 67.0 Å². The highest BCUT2D eigenvalue weighted by molar-refractivity contribution is 5.97. The van der Waals surface area contributed by atoms with E-state index >= 15 is 0 Å². The van der Waals surface area contributed by atoms with E-state index in [9.17, 15) is 4.79 Å². The first kappa shape index (κ1) is 17.8. The van der Waals surface area contributed by atoms with Crippen LogP contribution in [0.1, 0.15) is 33.4 Å². The van der Waals surface area contributed by atoms with E-state index in [4.69, 9.17) is 9.72 Å². The molecule has 0 spiro atoms. The zero-order valence-corrected chi connectivity index (χ0v) is 15.8. The number of para-hydroxylation sites is 1. The van der Waals surface area contributed by atoms with E-state index < -0.39 is 6.04 Å². The molecule has 0 saturated heterocycles. The summed E-state index contributed by atoms with van der Waals surface area (Å²) in [5, 5.41) is 3.10. The lowest BCUT2D eigenvalue weighted by atomic mass is 10.1. The van der Waals surface area contributed by atoms with Gasteiger partial charge in [-0.25, -0.2) is 4.98 Å². The van der Waals surface area contributed by atoms with Crippen molar-refractivity contribution in [1.29, 1.82) is 0 Å². The minimum atomic E-state index is -0.411. The van der Waals surface area contributed by atoms with Crippen LogP contribution in [-0.4, -0.2) is 23.0 Å². The van der Waals surface area contributed by atoms with Crippen LogP contribution in [0.15, 0.2) is 72.8 Å². The Kier molecular flexibility index (Phi) is 4.81. The van der Waals surface area contributed by atoms with E-state index in [1.165, 1.54) is 0 Å². The van der Waals surface area contributed by atoms with Crippen molar-refractivity contribution in [3.8, 4) is 5.75 Å². The number of imidazole rings is 1. The highest BCUT2D eigenvalue weighted by Crippen LogP contribution is 2.25. The molecule has 1 heterocycles. The lowest BCUT2D eigenvalue weighted by Gasteiger charge is -2.18. The largest absolute Gasteiger partial charge is 0.496 e. The second kappa shape index (κ2) is 7.56. The third-order valence-electron chi connectivity index (χ3n) is 4.69. The summed E-state index contributed by atoms with van der Waals surface area (Å²) in [5.41, 5.74) is 4.40. The molecule has 0 radical (unpaired) electrons. The lowest BCUT2D eigenvalue weighted by molar-refractivity contribution is 0.0938. The number of nitrogens with zero attached hydrogens (tertiary/aromatic N) is 1. The van der Waals surface area contributed by atoms with Gasteiger partial charge in [0.05, 0.1) is 23.7 Å². The molecule has 0 aliphatic heterocycles. The number of aromatic amines is 1. The molecule has 0 fully saturated rings. The molecular formula is C23H21N3O2. The lowest BCUT2D eigenvalue weighted by Crippen LogP contribution is -2.30. The van der Waals surface area contributed by atoms with Gasteiger partial charge >= 0.3 is 0 Å². The second-order valence-electron chi connectivity index (χ2n) is 6.66. The summed E-state index contributed by atoms with van der Waals surface area (Å²) in [5.74, 6) is 1.00. The van der Waals surface area contributed by atoms with Crippen LogP contribution in [0, 0.1) is 6.92 Å². The molecule has 28 heavy (non-hydrogen) atoms. The number of rotatable bonds is 5. The predicted octanol–water partition coefficient (Wildman–Crippen LogP) is 4.40. The number of aryl methyl sites for hydroxylation is 1. The average molecular weight is 371 g/mol. The fourth-order valence-corrected chi connectivity index (χ4v) is 3.28. The van der Waals surface area contributed by atoms with Gasteiger partial charge in [0.1, 0.15) is 17.6 Å². The molecule has 1 unspecified atom stereocenters. The Morgan fingerprint density at radius 1 is 1.04 bits per heavy atom. The summed E-state index contributed by atoms with van der Waals surface area (Å²) in [4.78, 5) is 21.1. The summed E-state index contributed by atoms with van der Waals surface area (Å²) in [7, 11) is 1.56. The first-order valence-electron chi connectivity index (χ1n) is 9.11. The zero-order valence-electron chi connectivity index (χ0n) is 15.8. The molecule has 1 aromatic heterocycles. The fourth-order valence-electron chi connectivity index (χ4n) is 3.28. The number of amides is 1. The Bertz CT molecular complexity index is 1120. The maximum Gasteiger partial charge on any atom is 0.255 e. The number of carbonyl (C=O) groups is 1. The Labute approximate surface area is 163 Å². The third-order valence-corrected chi connectivity index (χ3v) is 4.69. The Balaban J connectivity index is 1.74. The molecule has 5 heteroatoms. The van der Waals surface area contributed by atoms with Gasteiger partial charge in [0.25, 0.3) is 5.91 Å². The number of methoxy groups -OCH3 is 1. The molecule has 3 aromatic carbocycles. The van der Waals surface area contributed by atoms with E-state index in [2.05, 4.69) is 16.4 Å². The van der Waals surface area contributed by atoms with Gasteiger partial charge in [-0.05, 0) is 42.3 Å². The van der Waals surface area contributed by atoms with Gasteiger partial charge < -0.3 is 15.0 Å². The van der Waals surface area contributed by atoms with E-state index in [-0.39, 0.29) is 5.91 Å². The highest BCUT2D eigenvalue weighted by Gasteiger charge is 2.22. The minimum absolute atomic E-state index is 0.220. The van der Waals surface area contributed by atoms with Crippen LogP contribution in [-0.2, 0) is 0 Å². The molecule has 5 nitrogen and oxygen atoms in total. The number of nitrogens with one attached hydrogen (secondary N) is 2. The molecular weight excluding hydrogens is 350 g/mol. The van der Waals surface area contributed by atoms with Gasteiger partial charge in [0.2, 0.25) is 0 Å². The minimum Gasteiger partial charge on any atom is -0.496 e. The van der Waals surface area contributed by atoms with Crippen LogP contribution in [0.25, 0.3) is 11.0 Å². The number of fused-ring (bicyclic) bond motifs is 1. The normalized spacial score (nSPS) is 11.9.